The molecule has 0 aromatic rings. The maximum Gasteiger partial charge on any atom is 0.220 e. The summed E-state index contributed by atoms with van der Waals surface area (Å²) in [4.78, 5) is 2.17. The molecule has 4 atom stereocenters. The summed E-state index contributed by atoms with van der Waals surface area (Å²) in [5.74, 6) is 8.17. The highest BCUT2D eigenvalue weighted by Crippen LogP contribution is 2.52. The van der Waals surface area contributed by atoms with Gasteiger partial charge in [-0.2, -0.15) is 0 Å². The fourth-order valence-corrected chi connectivity index (χ4v) is 8.98. The first-order valence-electron chi connectivity index (χ1n) is 11.4. The van der Waals surface area contributed by atoms with Crippen molar-refractivity contribution >= 4 is 20.0 Å². The van der Waals surface area contributed by atoms with Crippen molar-refractivity contribution in [3.05, 3.63) is 0 Å². The molecule has 0 aromatic heterocycles. The number of ether oxygens (including phenoxy) is 2. The number of sulfonamides is 2. The van der Waals surface area contributed by atoms with E-state index in [2.05, 4.69) is 32.1 Å². The molecule has 2 aliphatic heterocycles. The van der Waals surface area contributed by atoms with E-state index in [-0.39, 0.29) is 19.6 Å². The topological polar surface area (TPSA) is 114 Å². The van der Waals surface area contributed by atoms with E-state index in [1.54, 1.807) is 0 Å². The van der Waals surface area contributed by atoms with Crippen LogP contribution in [-0.2, 0) is 29.5 Å². The molecule has 3 aliphatic rings. The SMILES string of the molecule is C#CC#CC1(CC)COCCCNS(=O)(=O)C12CC(NS(C)(=O)=O)CCC2N1CCOCC1. The van der Waals surface area contributed by atoms with E-state index in [0.717, 1.165) is 6.26 Å². The third kappa shape index (κ3) is 5.40. The number of hydrogen-bond donors (Lipinski definition) is 2. The molecule has 3 fully saturated rings. The minimum atomic E-state index is -3.98. The quantitative estimate of drug-likeness (QED) is 0.517. The summed E-state index contributed by atoms with van der Waals surface area (Å²) in [6.45, 7) is 4.84. The Bertz CT molecular complexity index is 1010. The van der Waals surface area contributed by atoms with Crippen LogP contribution in [0.4, 0.5) is 0 Å². The Morgan fingerprint density at radius 3 is 2.58 bits per heavy atom. The van der Waals surface area contributed by atoms with Gasteiger partial charge in [0.1, 0.15) is 4.75 Å². The highest BCUT2D eigenvalue weighted by atomic mass is 32.2. The average molecular weight is 502 g/mol. The molecule has 2 saturated heterocycles. The third-order valence-electron chi connectivity index (χ3n) is 7.12. The number of nitrogens with zero attached hydrogens (tertiary/aromatic N) is 1. The maximum atomic E-state index is 14.3. The Morgan fingerprint density at radius 1 is 1.21 bits per heavy atom. The van der Waals surface area contributed by atoms with Crippen LogP contribution >= 0.6 is 0 Å². The van der Waals surface area contributed by atoms with Gasteiger partial charge in [0.2, 0.25) is 20.0 Å². The van der Waals surface area contributed by atoms with Crippen molar-refractivity contribution < 1.29 is 26.3 Å². The molecular formula is C22H35N3O6S2. The third-order valence-corrected chi connectivity index (χ3v) is 10.3. The van der Waals surface area contributed by atoms with Crippen LogP contribution in [0, 0.1) is 29.6 Å². The van der Waals surface area contributed by atoms with Crippen LogP contribution < -0.4 is 9.44 Å². The predicted molar refractivity (Wildman–Crippen MR) is 126 cm³/mol. The number of hydrogen-bond acceptors (Lipinski definition) is 7. The summed E-state index contributed by atoms with van der Waals surface area (Å²) in [5.41, 5.74) is -1.13. The molecule has 11 heteroatoms. The van der Waals surface area contributed by atoms with Crippen LogP contribution in [0.5, 0.6) is 0 Å². The van der Waals surface area contributed by atoms with Crippen LogP contribution in [0.15, 0.2) is 0 Å². The Hall–Kier alpha value is -1.18. The zero-order valence-corrected chi connectivity index (χ0v) is 21.1. The zero-order chi connectivity index (χ0) is 24.2. The normalized spacial score (nSPS) is 35.9. The predicted octanol–water partition coefficient (Wildman–Crippen LogP) is -0.0996. The molecule has 3 rings (SSSR count). The van der Waals surface area contributed by atoms with Crippen molar-refractivity contribution in [2.75, 3.05) is 52.3 Å². The van der Waals surface area contributed by atoms with Crippen molar-refractivity contribution in [1.29, 1.82) is 0 Å². The fourth-order valence-electron chi connectivity index (χ4n) is 5.69. The number of morpholine rings is 1. The first-order valence-corrected chi connectivity index (χ1v) is 14.8. The molecule has 1 spiro atoms. The molecule has 33 heavy (non-hydrogen) atoms. The van der Waals surface area contributed by atoms with Crippen LogP contribution in [0.3, 0.4) is 0 Å². The summed E-state index contributed by atoms with van der Waals surface area (Å²) >= 11 is 0. The highest BCUT2D eigenvalue weighted by Gasteiger charge is 2.66. The van der Waals surface area contributed by atoms with Gasteiger partial charge in [-0.3, -0.25) is 4.90 Å². The molecule has 186 valence electrons. The molecule has 2 N–H and O–H groups in total. The summed E-state index contributed by atoms with van der Waals surface area (Å²) < 4.78 is 68.3. The highest BCUT2D eigenvalue weighted by molar-refractivity contribution is 7.91. The lowest BCUT2D eigenvalue weighted by molar-refractivity contribution is -0.0390. The van der Waals surface area contributed by atoms with Gasteiger partial charge >= 0.3 is 0 Å². The fraction of sp³-hybridized carbons (Fsp3) is 0.818. The Labute approximate surface area is 198 Å². The molecule has 0 radical (unpaired) electrons. The van der Waals surface area contributed by atoms with Gasteiger partial charge in [0.15, 0.2) is 0 Å². The lowest BCUT2D eigenvalue weighted by Gasteiger charge is -2.57. The maximum absolute atomic E-state index is 14.3. The molecular weight excluding hydrogens is 466 g/mol. The minimum absolute atomic E-state index is 0.0773. The number of terminal acetylenes is 1. The second kappa shape index (κ2) is 10.6. The van der Waals surface area contributed by atoms with E-state index in [4.69, 9.17) is 15.9 Å². The van der Waals surface area contributed by atoms with Crippen LogP contribution in [0.1, 0.15) is 39.0 Å². The van der Waals surface area contributed by atoms with Crippen LogP contribution in [0.2, 0.25) is 0 Å². The van der Waals surface area contributed by atoms with Gasteiger partial charge in [-0.25, -0.2) is 26.3 Å². The van der Waals surface area contributed by atoms with Crippen molar-refractivity contribution in [2.45, 2.75) is 55.9 Å². The molecule has 4 unspecified atom stereocenters. The Kier molecular flexibility index (Phi) is 8.50. The van der Waals surface area contributed by atoms with E-state index >= 15 is 0 Å². The van der Waals surface area contributed by atoms with Crippen molar-refractivity contribution in [3.63, 3.8) is 0 Å². The van der Waals surface area contributed by atoms with Gasteiger partial charge in [-0.1, -0.05) is 12.8 Å². The van der Waals surface area contributed by atoms with Crippen LogP contribution in [0.25, 0.3) is 0 Å². The van der Waals surface area contributed by atoms with Gasteiger partial charge in [0.25, 0.3) is 0 Å². The molecule has 1 saturated carbocycles. The lowest BCUT2D eigenvalue weighted by Crippen LogP contribution is -2.73. The smallest absolute Gasteiger partial charge is 0.220 e. The van der Waals surface area contributed by atoms with E-state index in [9.17, 15) is 16.8 Å². The number of rotatable bonds is 4. The van der Waals surface area contributed by atoms with Crippen LogP contribution in [-0.4, -0.2) is 90.9 Å². The Morgan fingerprint density at radius 2 is 1.94 bits per heavy atom. The van der Waals surface area contributed by atoms with E-state index in [0.29, 0.717) is 58.6 Å². The van der Waals surface area contributed by atoms with Gasteiger partial charge in [0.05, 0.1) is 31.5 Å². The van der Waals surface area contributed by atoms with Crippen molar-refractivity contribution in [2.24, 2.45) is 5.41 Å². The summed E-state index contributed by atoms with van der Waals surface area (Å²) in [7, 11) is -7.53. The summed E-state index contributed by atoms with van der Waals surface area (Å²) in [6, 6.07) is -0.946. The zero-order valence-electron chi connectivity index (χ0n) is 19.4. The Balaban J connectivity index is 2.27. The standard InChI is InChI=1S/C22H35N3O6S2/c1-4-6-10-21(5-2)18-31-14-7-11-23-33(28,29)22(21)17-19(24-32(3,26)27)8-9-20(22)25-12-15-30-16-13-25/h1,19-20,23-24H,5,7-9,11-18H2,2-3H3. The second-order valence-corrected chi connectivity index (χ2v) is 12.9. The molecule has 9 nitrogen and oxygen atoms in total. The van der Waals surface area contributed by atoms with E-state index in [1.165, 1.54) is 0 Å². The molecule has 2 heterocycles. The average Bonchev–Trinajstić information content (AvgIpc) is 2.81. The number of nitrogens with one attached hydrogen (secondary N) is 2. The van der Waals surface area contributed by atoms with Crippen molar-refractivity contribution in [3.8, 4) is 24.2 Å². The van der Waals surface area contributed by atoms with Gasteiger partial charge in [0, 0.05) is 38.3 Å². The van der Waals surface area contributed by atoms with E-state index in [1.807, 2.05) is 6.92 Å². The molecule has 1 aliphatic carbocycles. The second-order valence-electron chi connectivity index (χ2n) is 9.06. The van der Waals surface area contributed by atoms with Crippen molar-refractivity contribution in [1.82, 2.24) is 14.3 Å². The summed E-state index contributed by atoms with van der Waals surface area (Å²) in [6.07, 6.45) is 8.59. The summed E-state index contributed by atoms with van der Waals surface area (Å²) in [5, 5.41) is 0. The minimum Gasteiger partial charge on any atom is -0.380 e. The largest absolute Gasteiger partial charge is 0.380 e. The first kappa shape index (κ1) is 26.4. The monoisotopic (exact) mass is 501 g/mol. The molecule has 0 aromatic carbocycles. The molecule has 0 amide bonds. The molecule has 0 bridgehead atoms. The van der Waals surface area contributed by atoms with E-state index < -0.39 is 42.3 Å². The lowest BCUT2D eigenvalue weighted by atomic mass is 9.63. The first-order chi connectivity index (χ1) is 15.6. The van der Waals surface area contributed by atoms with Gasteiger partial charge in [-0.15, -0.1) is 6.42 Å². The van der Waals surface area contributed by atoms with Gasteiger partial charge in [-0.05, 0) is 43.9 Å². The van der Waals surface area contributed by atoms with Gasteiger partial charge < -0.3 is 9.47 Å².